The highest BCUT2D eigenvalue weighted by Crippen LogP contribution is 2.33. The maximum Gasteiger partial charge on any atom is 0.325 e. The minimum Gasteiger partial charge on any atom is -0.325 e. The standard InChI is InChI=1S/C24H28N4O5S/c1-27(16-18-8-4-2-5-9-18)34(32,33)20-12-10-19(11-13-20)25-21(29)17-28-22(30)24(26-23(28)31)14-6-3-7-15-24/h2,4-5,8-13H,3,6-7,14-17H2,1H3,(H,25,29)(H,26,31). The van der Waals surface area contributed by atoms with Gasteiger partial charge in [-0.1, -0.05) is 49.6 Å². The van der Waals surface area contributed by atoms with Gasteiger partial charge in [0, 0.05) is 19.3 Å². The summed E-state index contributed by atoms with van der Waals surface area (Å²) in [6.45, 7) is -0.165. The lowest BCUT2D eigenvalue weighted by Crippen LogP contribution is -2.48. The van der Waals surface area contributed by atoms with Crippen molar-refractivity contribution in [3.63, 3.8) is 0 Å². The first kappa shape index (κ1) is 23.9. The molecule has 0 aromatic heterocycles. The van der Waals surface area contributed by atoms with Crippen LogP contribution in [0.2, 0.25) is 0 Å². The van der Waals surface area contributed by atoms with Gasteiger partial charge in [-0.25, -0.2) is 13.2 Å². The predicted molar refractivity (Wildman–Crippen MR) is 126 cm³/mol. The lowest BCUT2D eigenvalue weighted by Gasteiger charge is -2.30. The molecule has 2 fully saturated rings. The molecule has 0 unspecified atom stereocenters. The monoisotopic (exact) mass is 484 g/mol. The quantitative estimate of drug-likeness (QED) is 0.586. The molecule has 0 bridgehead atoms. The van der Waals surface area contributed by atoms with Crippen LogP contribution in [0.15, 0.2) is 59.5 Å². The second-order valence-electron chi connectivity index (χ2n) is 8.78. The van der Waals surface area contributed by atoms with E-state index in [1.54, 1.807) is 0 Å². The fourth-order valence-electron chi connectivity index (χ4n) is 4.47. The van der Waals surface area contributed by atoms with Crippen molar-refractivity contribution in [3.05, 3.63) is 60.2 Å². The number of carbonyl (C=O) groups excluding carboxylic acids is 3. The summed E-state index contributed by atoms with van der Waals surface area (Å²) in [6, 6.07) is 14.5. The lowest BCUT2D eigenvalue weighted by atomic mass is 9.82. The van der Waals surface area contributed by atoms with E-state index < -0.39 is 34.0 Å². The normalized spacial score (nSPS) is 17.8. The molecular weight excluding hydrogens is 456 g/mol. The van der Waals surface area contributed by atoms with Crippen molar-refractivity contribution in [2.75, 3.05) is 18.9 Å². The molecule has 4 amide bonds. The maximum atomic E-state index is 12.9. The van der Waals surface area contributed by atoms with Crippen LogP contribution in [0.3, 0.4) is 0 Å². The Morgan fingerprint density at radius 3 is 2.32 bits per heavy atom. The van der Waals surface area contributed by atoms with E-state index in [0.717, 1.165) is 29.7 Å². The largest absolute Gasteiger partial charge is 0.325 e. The molecule has 180 valence electrons. The molecule has 1 aliphatic heterocycles. The summed E-state index contributed by atoms with van der Waals surface area (Å²) in [5.41, 5.74) is 0.360. The highest BCUT2D eigenvalue weighted by molar-refractivity contribution is 7.89. The van der Waals surface area contributed by atoms with E-state index in [1.807, 2.05) is 30.3 Å². The van der Waals surface area contributed by atoms with Gasteiger partial charge in [0.15, 0.2) is 0 Å². The Morgan fingerprint density at radius 1 is 1.03 bits per heavy atom. The van der Waals surface area contributed by atoms with E-state index in [0.29, 0.717) is 18.5 Å². The van der Waals surface area contributed by atoms with Crippen LogP contribution in [-0.2, 0) is 26.2 Å². The van der Waals surface area contributed by atoms with Crippen molar-refractivity contribution < 1.29 is 22.8 Å². The zero-order valence-electron chi connectivity index (χ0n) is 19.0. The van der Waals surface area contributed by atoms with Gasteiger partial charge in [-0.15, -0.1) is 0 Å². The van der Waals surface area contributed by atoms with Crippen molar-refractivity contribution in [1.29, 1.82) is 0 Å². The Labute approximate surface area is 199 Å². The molecule has 2 aromatic rings. The van der Waals surface area contributed by atoms with E-state index in [4.69, 9.17) is 0 Å². The number of amides is 4. The second kappa shape index (κ2) is 9.55. The first-order valence-corrected chi connectivity index (χ1v) is 12.7. The van der Waals surface area contributed by atoms with Crippen LogP contribution < -0.4 is 10.6 Å². The molecule has 4 rings (SSSR count). The minimum absolute atomic E-state index is 0.0947. The second-order valence-corrected chi connectivity index (χ2v) is 10.8. The van der Waals surface area contributed by atoms with Gasteiger partial charge < -0.3 is 10.6 Å². The highest BCUT2D eigenvalue weighted by Gasteiger charge is 2.51. The van der Waals surface area contributed by atoms with Gasteiger partial charge in [0.25, 0.3) is 5.91 Å². The Morgan fingerprint density at radius 2 is 1.68 bits per heavy atom. The molecule has 10 heteroatoms. The Kier molecular flexibility index (Phi) is 6.72. The average molecular weight is 485 g/mol. The van der Waals surface area contributed by atoms with Gasteiger partial charge in [0.1, 0.15) is 12.1 Å². The highest BCUT2D eigenvalue weighted by atomic mass is 32.2. The summed E-state index contributed by atoms with van der Waals surface area (Å²) in [7, 11) is -2.21. The summed E-state index contributed by atoms with van der Waals surface area (Å²) in [6.07, 6.45) is 3.93. The molecule has 0 atom stereocenters. The topological polar surface area (TPSA) is 116 Å². The summed E-state index contributed by atoms with van der Waals surface area (Å²) < 4.78 is 27.0. The van der Waals surface area contributed by atoms with E-state index >= 15 is 0 Å². The average Bonchev–Trinajstić information content (AvgIpc) is 3.04. The van der Waals surface area contributed by atoms with Crippen LogP contribution in [0.25, 0.3) is 0 Å². The molecule has 1 aliphatic carbocycles. The van der Waals surface area contributed by atoms with Crippen LogP contribution >= 0.6 is 0 Å². The van der Waals surface area contributed by atoms with Gasteiger partial charge in [-0.05, 0) is 42.7 Å². The van der Waals surface area contributed by atoms with Crippen molar-refractivity contribution in [2.24, 2.45) is 0 Å². The summed E-state index contributed by atoms with van der Waals surface area (Å²) in [5, 5.41) is 5.40. The fraction of sp³-hybridized carbons (Fsp3) is 0.375. The fourth-order valence-corrected chi connectivity index (χ4v) is 5.63. The number of carbonyl (C=O) groups is 3. The Balaban J connectivity index is 1.37. The minimum atomic E-state index is -3.72. The van der Waals surface area contributed by atoms with E-state index in [9.17, 15) is 22.8 Å². The Hall–Kier alpha value is -3.24. The number of nitrogens with zero attached hydrogens (tertiary/aromatic N) is 2. The number of nitrogens with one attached hydrogen (secondary N) is 2. The number of sulfonamides is 1. The number of imide groups is 1. The van der Waals surface area contributed by atoms with Crippen LogP contribution in [0.4, 0.5) is 10.5 Å². The van der Waals surface area contributed by atoms with Crippen LogP contribution in [0.5, 0.6) is 0 Å². The molecule has 1 saturated heterocycles. The summed E-state index contributed by atoms with van der Waals surface area (Å²) in [5.74, 6) is -0.886. The van der Waals surface area contributed by atoms with Crippen molar-refractivity contribution >= 4 is 33.6 Å². The third-order valence-electron chi connectivity index (χ3n) is 6.35. The summed E-state index contributed by atoms with van der Waals surface area (Å²) in [4.78, 5) is 38.7. The van der Waals surface area contributed by atoms with Gasteiger partial charge in [0.2, 0.25) is 15.9 Å². The van der Waals surface area contributed by atoms with Crippen LogP contribution in [0, 0.1) is 0 Å². The molecule has 2 aliphatic rings. The molecule has 0 radical (unpaired) electrons. The van der Waals surface area contributed by atoms with E-state index in [2.05, 4.69) is 10.6 Å². The number of benzene rings is 2. The van der Waals surface area contributed by atoms with Gasteiger partial charge in [0.05, 0.1) is 4.90 Å². The van der Waals surface area contributed by atoms with E-state index in [1.165, 1.54) is 35.6 Å². The summed E-state index contributed by atoms with van der Waals surface area (Å²) >= 11 is 0. The molecule has 1 heterocycles. The van der Waals surface area contributed by atoms with E-state index in [-0.39, 0.29) is 17.3 Å². The SMILES string of the molecule is CN(Cc1ccccc1)S(=O)(=O)c1ccc(NC(=O)CN2C(=O)NC3(CCCCC3)C2=O)cc1. The van der Waals surface area contributed by atoms with Crippen molar-refractivity contribution in [1.82, 2.24) is 14.5 Å². The molecule has 34 heavy (non-hydrogen) atoms. The number of anilines is 1. The van der Waals surface area contributed by atoms with Crippen molar-refractivity contribution in [2.45, 2.75) is 49.1 Å². The number of hydrogen-bond acceptors (Lipinski definition) is 5. The number of rotatable bonds is 7. The smallest absolute Gasteiger partial charge is 0.325 e. The zero-order valence-corrected chi connectivity index (χ0v) is 19.8. The zero-order chi connectivity index (χ0) is 24.3. The third-order valence-corrected chi connectivity index (χ3v) is 8.17. The van der Waals surface area contributed by atoms with Gasteiger partial charge in [-0.3, -0.25) is 14.5 Å². The number of urea groups is 1. The first-order valence-electron chi connectivity index (χ1n) is 11.3. The lowest BCUT2D eigenvalue weighted by molar-refractivity contribution is -0.134. The van der Waals surface area contributed by atoms with Gasteiger partial charge >= 0.3 is 6.03 Å². The van der Waals surface area contributed by atoms with Crippen LogP contribution in [0.1, 0.15) is 37.7 Å². The molecule has 1 saturated carbocycles. The van der Waals surface area contributed by atoms with Gasteiger partial charge in [-0.2, -0.15) is 4.31 Å². The van der Waals surface area contributed by atoms with Crippen LogP contribution in [-0.4, -0.2) is 54.6 Å². The molecular formula is C24H28N4O5S. The Bertz CT molecular complexity index is 1180. The molecule has 1 spiro atoms. The molecule has 2 aromatic carbocycles. The first-order chi connectivity index (χ1) is 16.2. The molecule has 9 nitrogen and oxygen atoms in total. The third kappa shape index (κ3) is 4.83. The molecule has 2 N–H and O–H groups in total. The maximum absolute atomic E-state index is 12.9. The number of hydrogen-bond donors (Lipinski definition) is 2. The predicted octanol–water partition coefficient (Wildman–Crippen LogP) is 2.70. The van der Waals surface area contributed by atoms with Crippen molar-refractivity contribution in [3.8, 4) is 0 Å².